The normalized spacial score (nSPS) is 13.9. The third kappa shape index (κ3) is 4.25. The molecule has 0 spiro atoms. The van der Waals surface area contributed by atoms with Crippen LogP contribution in [0.3, 0.4) is 0 Å². The molecule has 0 unspecified atom stereocenters. The number of anilines is 1. The van der Waals surface area contributed by atoms with E-state index in [1.54, 1.807) is 0 Å². The molecule has 2 heterocycles. The molecule has 1 aliphatic rings. The molecule has 1 fully saturated rings. The lowest BCUT2D eigenvalue weighted by Gasteiger charge is -2.35. The zero-order valence-electron chi connectivity index (χ0n) is 17.8. The Labute approximate surface area is 187 Å². The first-order valence-corrected chi connectivity index (χ1v) is 10.9. The molecule has 0 aliphatic carbocycles. The van der Waals surface area contributed by atoms with Crippen LogP contribution in [0.15, 0.2) is 84.9 Å². The fraction of sp³-hybridized carbons (Fsp3) is 0.192. The van der Waals surface area contributed by atoms with Crippen molar-refractivity contribution in [3.63, 3.8) is 0 Å². The number of rotatable bonds is 4. The Morgan fingerprint density at radius 3 is 2.31 bits per heavy atom. The molecule has 32 heavy (non-hydrogen) atoms. The van der Waals surface area contributed by atoms with Crippen molar-refractivity contribution < 1.29 is 4.79 Å². The smallest absolute Gasteiger partial charge is 0.317 e. The third-order valence-corrected chi connectivity index (χ3v) is 5.89. The van der Waals surface area contributed by atoms with E-state index in [4.69, 9.17) is 0 Å². The van der Waals surface area contributed by atoms with E-state index in [0.29, 0.717) is 19.6 Å². The van der Waals surface area contributed by atoms with Gasteiger partial charge in [0.15, 0.2) is 5.82 Å². The van der Waals surface area contributed by atoms with Crippen molar-refractivity contribution in [2.75, 3.05) is 31.1 Å². The Morgan fingerprint density at radius 1 is 0.781 bits per heavy atom. The van der Waals surface area contributed by atoms with Crippen LogP contribution < -0.4 is 10.2 Å². The van der Waals surface area contributed by atoms with Crippen LogP contribution in [-0.4, -0.2) is 47.3 Å². The van der Waals surface area contributed by atoms with Crippen molar-refractivity contribution in [1.82, 2.24) is 20.4 Å². The molecule has 1 saturated heterocycles. The first-order chi connectivity index (χ1) is 15.8. The van der Waals surface area contributed by atoms with Gasteiger partial charge in [-0.2, -0.15) is 0 Å². The van der Waals surface area contributed by atoms with Crippen molar-refractivity contribution in [3.8, 4) is 11.3 Å². The van der Waals surface area contributed by atoms with Crippen LogP contribution in [0.25, 0.3) is 22.0 Å². The summed E-state index contributed by atoms with van der Waals surface area (Å²) in [4.78, 5) is 16.5. The number of carbonyl (C=O) groups is 1. The van der Waals surface area contributed by atoms with E-state index in [9.17, 15) is 4.79 Å². The van der Waals surface area contributed by atoms with E-state index in [1.807, 2.05) is 59.5 Å². The van der Waals surface area contributed by atoms with Gasteiger partial charge in [0.25, 0.3) is 0 Å². The standard InChI is InChI=1S/C26H25N5O/c32-26(27-19-20-7-2-1-3-8-20)31-17-15-30(16-18-31)25-14-13-24(28-29-25)23-12-6-10-21-9-4-5-11-22(21)23/h1-14H,15-19H2,(H,27,32). The van der Waals surface area contributed by atoms with Crippen molar-refractivity contribution >= 4 is 22.6 Å². The Kier molecular flexibility index (Phi) is 5.66. The maximum Gasteiger partial charge on any atom is 0.317 e. The van der Waals surface area contributed by atoms with Gasteiger partial charge in [0.2, 0.25) is 0 Å². The van der Waals surface area contributed by atoms with Crippen LogP contribution in [-0.2, 0) is 6.54 Å². The second-order valence-corrected chi connectivity index (χ2v) is 7.92. The fourth-order valence-electron chi connectivity index (χ4n) is 4.11. The van der Waals surface area contributed by atoms with Gasteiger partial charge in [0.05, 0.1) is 5.69 Å². The topological polar surface area (TPSA) is 61.4 Å². The molecule has 0 atom stereocenters. The lowest BCUT2D eigenvalue weighted by atomic mass is 10.0. The first-order valence-electron chi connectivity index (χ1n) is 10.9. The van der Waals surface area contributed by atoms with Crippen molar-refractivity contribution in [3.05, 3.63) is 90.5 Å². The molecule has 160 valence electrons. The molecular formula is C26H25N5O. The van der Waals surface area contributed by atoms with Crippen LogP contribution >= 0.6 is 0 Å². The molecule has 0 bridgehead atoms. The number of fused-ring (bicyclic) bond motifs is 1. The number of amides is 2. The van der Waals surface area contributed by atoms with E-state index in [-0.39, 0.29) is 6.03 Å². The first kappa shape index (κ1) is 20.0. The number of urea groups is 1. The molecule has 6 heteroatoms. The Morgan fingerprint density at radius 2 is 1.53 bits per heavy atom. The number of nitrogens with zero attached hydrogens (tertiary/aromatic N) is 4. The zero-order valence-corrected chi connectivity index (χ0v) is 17.8. The SMILES string of the molecule is O=C(NCc1ccccc1)N1CCN(c2ccc(-c3cccc4ccccc34)nn2)CC1. The van der Waals surface area contributed by atoms with Gasteiger partial charge in [-0.1, -0.05) is 72.8 Å². The lowest BCUT2D eigenvalue weighted by Crippen LogP contribution is -2.51. The minimum Gasteiger partial charge on any atom is -0.352 e. The number of benzene rings is 3. The van der Waals surface area contributed by atoms with Crippen molar-refractivity contribution in [1.29, 1.82) is 0 Å². The summed E-state index contributed by atoms with van der Waals surface area (Å²) in [5, 5.41) is 14.4. The average molecular weight is 424 g/mol. The fourth-order valence-corrected chi connectivity index (χ4v) is 4.11. The van der Waals surface area contributed by atoms with Gasteiger partial charge in [-0.3, -0.25) is 0 Å². The maximum atomic E-state index is 12.5. The summed E-state index contributed by atoms with van der Waals surface area (Å²) < 4.78 is 0. The monoisotopic (exact) mass is 423 g/mol. The molecule has 0 radical (unpaired) electrons. The third-order valence-electron chi connectivity index (χ3n) is 5.89. The van der Waals surface area contributed by atoms with E-state index >= 15 is 0 Å². The lowest BCUT2D eigenvalue weighted by molar-refractivity contribution is 0.194. The van der Waals surface area contributed by atoms with Gasteiger partial charge >= 0.3 is 6.03 Å². The Balaban J connectivity index is 1.20. The van der Waals surface area contributed by atoms with Crippen LogP contribution in [0.2, 0.25) is 0 Å². The summed E-state index contributed by atoms with van der Waals surface area (Å²) in [6.07, 6.45) is 0. The van der Waals surface area contributed by atoms with E-state index in [1.165, 1.54) is 10.8 Å². The van der Waals surface area contributed by atoms with Crippen LogP contribution in [0.4, 0.5) is 10.6 Å². The van der Waals surface area contributed by atoms with Crippen LogP contribution in [0, 0.1) is 0 Å². The van der Waals surface area contributed by atoms with Gasteiger partial charge in [-0.25, -0.2) is 4.79 Å². The second kappa shape index (κ2) is 9.06. The Hall–Kier alpha value is -3.93. The summed E-state index contributed by atoms with van der Waals surface area (Å²) in [5.41, 5.74) is 3.05. The Bertz CT molecular complexity index is 1200. The molecule has 6 nitrogen and oxygen atoms in total. The molecule has 1 aliphatic heterocycles. The van der Waals surface area contributed by atoms with Crippen LogP contribution in [0.5, 0.6) is 0 Å². The highest BCUT2D eigenvalue weighted by atomic mass is 16.2. The highest BCUT2D eigenvalue weighted by molar-refractivity contribution is 5.95. The molecule has 1 N–H and O–H groups in total. The largest absolute Gasteiger partial charge is 0.352 e. The molecule has 0 saturated carbocycles. The average Bonchev–Trinajstić information content (AvgIpc) is 2.88. The number of carbonyl (C=O) groups excluding carboxylic acids is 1. The predicted octanol–water partition coefficient (Wildman–Crippen LogP) is 4.33. The van der Waals surface area contributed by atoms with E-state index in [0.717, 1.165) is 35.7 Å². The number of piperazine rings is 1. The summed E-state index contributed by atoms with van der Waals surface area (Å²) in [6, 6.07) is 28.5. The zero-order chi connectivity index (χ0) is 21.8. The van der Waals surface area contributed by atoms with Crippen LogP contribution in [0.1, 0.15) is 5.56 Å². The minimum atomic E-state index is -0.0223. The van der Waals surface area contributed by atoms with E-state index in [2.05, 4.69) is 50.7 Å². The number of hydrogen-bond donors (Lipinski definition) is 1. The summed E-state index contributed by atoms with van der Waals surface area (Å²) >= 11 is 0. The number of hydrogen-bond acceptors (Lipinski definition) is 4. The number of aromatic nitrogens is 2. The quantitative estimate of drug-likeness (QED) is 0.531. The molecular weight excluding hydrogens is 398 g/mol. The molecule has 4 aromatic rings. The summed E-state index contributed by atoms with van der Waals surface area (Å²) in [6.45, 7) is 3.34. The van der Waals surface area contributed by atoms with E-state index < -0.39 is 0 Å². The summed E-state index contributed by atoms with van der Waals surface area (Å²) in [7, 11) is 0. The maximum absolute atomic E-state index is 12.5. The van der Waals surface area contributed by atoms with Gasteiger partial charge in [0.1, 0.15) is 0 Å². The highest BCUT2D eigenvalue weighted by Gasteiger charge is 2.22. The number of nitrogens with one attached hydrogen (secondary N) is 1. The van der Waals surface area contributed by atoms with Gasteiger partial charge < -0.3 is 15.1 Å². The highest BCUT2D eigenvalue weighted by Crippen LogP contribution is 2.27. The summed E-state index contributed by atoms with van der Waals surface area (Å²) in [5.74, 6) is 0.846. The predicted molar refractivity (Wildman–Crippen MR) is 127 cm³/mol. The second-order valence-electron chi connectivity index (χ2n) is 7.92. The molecule has 5 rings (SSSR count). The van der Waals surface area contributed by atoms with Gasteiger partial charge in [-0.05, 0) is 28.5 Å². The molecule has 1 aromatic heterocycles. The minimum absolute atomic E-state index is 0.0223. The van der Waals surface area contributed by atoms with Crippen molar-refractivity contribution in [2.24, 2.45) is 0 Å². The van der Waals surface area contributed by atoms with Gasteiger partial charge in [0, 0.05) is 38.3 Å². The van der Waals surface area contributed by atoms with Crippen molar-refractivity contribution in [2.45, 2.75) is 6.54 Å². The molecule has 3 aromatic carbocycles. The molecule has 2 amide bonds. The van der Waals surface area contributed by atoms with Gasteiger partial charge in [-0.15, -0.1) is 10.2 Å².